The zero-order valence-corrected chi connectivity index (χ0v) is 24.4. The monoisotopic (exact) mass is 593 g/mol. The van der Waals surface area contributed by atoms with E-state index in [-0.39, 0.29) is 43.7 Å². The first-order chi connectivity index (χ1) is 20.4. The number of rotatable bonds is 14. The van der Waals surface area contributed by atoms with Gasteiger partial charge in [0.25, 0.3) is 0 Å². The van der Waals surface area contributed by atoms with Crippen LogP contribution in [0.2, 0.25) is 0 Å². The number of nitrogens with one attached hydrogen (secondary N) is 2. The summed E-state index contributed by atoms with van der Waals surface area (Å²) in [5.74, 6) is 1.09. The number of carbonyl (C=O) groups excluding carboxylic acids is 2. The van der Waals surface area contributed by atoms with Gasteiger partial charge in [-0.25, -0.2) is 0 Å². The van der Waals surface area contributed by atoms with Gasteiger partial charge in [0.1, 0.15) is 0 Å². The van der Waals surface area contributed by atoms with Crippen LogP contribution in [0.3, 0.4) is 0 Å². The Morgan fingerprint density at radius 1 is 0.881 bits per heavy atom. The van der Waals surface area contributed by atoms with Crippen molar-refractivity contribution in [2.24, 2.45) is 0 Å². The molecule has 0 radical (unpaired) electrons. The van der Waals surface area contributed by atoms with Crippen LogP contribution in [-0.2, 0) is 25.7 Å². The molecule has 3 aromatic carbocycles. The molecule has 4 rings (SSSR count). The van der Waals surface area contributed by atoms with E-state index < -0.39 is 6.29 Å². The molecule has 3 aromatic rings. The predicted octanol–water partition coefficient (Wildman–Crippen LogP) is 5.17. The lowest BCUT2D eigenvalue weighted by atomic mass is 10.0. The van der Waals surface area contributed by atoms with E-state index in [2.05, 4.69) is 10.6 Å². The Kier molecular flexibility index (Phi) is 12.2. The summed E-state index contributed by atoms with van der Waals surface area (Å²) < 4.78 is 12.7. The molecule has 224 valence electrons. The maximum Gasteiger partial charge on any atom is 0.224 e. The fourth-order valence-electron chi connectivity index (χ4n) is 4.68. The highest BCUT2D eigenvalue weighted by molar-refractivity contribution is 7.99. The summed E-state index contributed by atoms with van der Waals surface area (Å²) in [5.41, 5.74) is 10.2. The Morgan fingerprint density at radius 2 is 1.62 bits per heavy atom. The van der Waals surface area contributed by atoms with E-state index >= 15 is 0 Å². The largest absolute Gasteiger partial charge is 0.397 e. The predicted molar refractivity (Wildman–Crippen MR) is 166 cm³/mol. The van der Waals surface area contributed by atoms with Gasteiger partial charge < -0.3 is 36.1 Å². The Bertz CT molecular complexity index is 1310. The maximum absolute atomic E-state index is 12.6. The zero-order valence-electron chi connectivity index (χ0n) is 23.5. The van der Waals surface area contributed by atoms with Gasteiger partial charge in [-0.3, -0.25) is 9.59 Å². The van der Waals surface area contributed by atoms with Gasteiger partial charge in [-0.15, -0.1) is 0 Å². The second kappa shape index (κ2) is 16.3. The highest BCUT2D eigenvalue weighted by Crippen LogP contribution is 2.39. The minimum absolute atomic E-state index is 0.0182. The Labute approximate surface area is 250 Å². The summed E-state index contributed by atoms with van der Waals surface area (Å²) in [4.78, 5) is 24.9. The van der Waals surface area contributed by atoms with Crippen LogP contribution < -0.4 is 16.4 Å². The van der Waals surface area contributed by atoms with Crippen LogP contribution in [0.5, 0.6) is 0 Å². The zero-order chi connectivity index (χ0) is 29.7. The van der Waals surface area contributed by atoms with E-state index in [4.69, 9.17) is 15.2 Å². The number of hydrogen-bond acceptors (Lipinski definition) is 8. The molecule has 0 spiro atoms. The van der Waals surface area contributed by atoms with Crippen LogP contribution in [-0.4, -0.2) is 46.2 Å². The number of thioether (sulfide) groups is 1. The van der Waals surface area contributed by atoms with Gasteiger partial charge >= 0.3 is 0 Å². The Hall–Kier alpha value is -3.41. The van der Waals surface area contributed by atoms with Gasteiger partial charge in [-0.1, -0.05) is 48.5 Å². The number of para-hydroxylation sites is 2. The molecule has 9 nitrogen and oxygen atoms in total. The average Bonchev–Trinajstić information content (AvgIpc) is 3.01. The number of nitrogen functional groups attached to an aromatic ring is 1. The molecule has 1 saturated heterocycles. The van der Waals surface area contributed by atoms with Crippen LogP contribution in [0, 0.1) is 0 Å². The van der Waals surface area contributed by atoms with Crippen LogP contribution >= 0.6 is 11.8 Å². The highest BCUT2D eigenvalue weighted by Gasteiger charge is 2.32. The van der Waals surface area contributed by atoms with E-state index in [1.807, 2.05) is 60.7 Å². The number of nitrogens with two attached hydrogens (primary N) is 1. The van der Waals surface area contributed by atoms with Gasteiger partial charge in [-0.2, -0.15) is 11.8 Å². The van der Waals surface area contributed by atoms with E-state index in [1.165, 1.54) is 0 Å². The number of ether oxygens (including phenoxy) is 2. The summed E-state index contributed by atoms with van der Waals surface area (Å²) in [6.45, 7) is 0.0940. The summed E-state index contributed by atoms with van der Waals surface area (Å²) in [5, 5.41) is 24.3. The number of hydrogen-bond donors (Lipinski definition) is 5. The van der Waals surface area contributed by atoms with E-state index in [1.54, 1.807) is 23.9 Å². The average molecular weight is 594 g/mol. The van der Waals surface area contributed by atoms with Crippen molar-refractivity contribution in [1.82, 2.24) is 0 Å². The van der Waals surface area contributed by atoms with Crippen molar-refractivity contribution in [3.63, 3.8) is 0 Å². The van der Waals surface area contributed by atoms with E-state index in [0.29, 0.717) is 48.5 Å². The SMILES string of the molecule is Nc1ccccc1NC(=O)CCCCC(=O)Nc1cccc([C@@H]2O[C@H](CSCCO)C[C@H](c3ccc(CO)cc3)O2)c1. The van der Waals surface area contributed by atoms with Crippen molar-refractivity contribution in [1.29, 1.82) is 0 Å². The normalized spacial score (nSPS) is 18.4. The van der Waals surface area contributed by atoms with Gasteiger partial charge in [0.15, 0.2) is 6.29 Å². The number of amides is 2. The Morgan fingerprint density at radius 3 is 2.33 bits per heavy atom. The second-order valence-corrected chi connectivity index (χ2v) is 11.3. The number of aliphatic hydroxyl groups excluding tert-OH is 2. The van der Waals surface area contributed by atoms with Gasteiger partial charge in [-0.05, 0) is 48.2 Å². The number of anilines is 3. The molecule has 42 heavy (non-hydrogen) atoms. The van der Waals surface area contributed by atoms with Crippen molar-refractivity contribution >= 4 is 40.6 Å². The van der Waals surface area contributed by atoms with Crippen LogP contribution in [0.15, 0.2) is 72.8 Å². The lowest BCUT2D eigenvalue weighted by Gasteiger charge is -2.36. The number of aliphatic hydroxyl groups is 2. The van der Waals surface area contributed by atoms with Crippen molar-refractivity contribution in [3.05, 3.63) is 89.5 Å². The third-order valence-corrected chi connectivity index (χ3v) is 7.97. The number of carbonyl (C=O) groups is 2. The minimum Gasteiger partial charge on any atom is -0.397 e. The van der Waals surface area contributed by atoms with E-state index in [0.717, 1.165) is 22.4 Å². The standard InChI is InChI=1S/C32H39N3O6S/c33-27-8-1-2-9-28(27)35-31(39)11-4-3-10-30(38)34-25-7-5-6-24(18-25)32-40-26(21-42-17-16-36)19-29(41-32)23-14-12-22(20-37)13-15-23/h1-2,5-9,12-15,18,26,29,32,36-37H,3-4,10-11,16-17,19-21,33H2,(H,34,38)(H,35,39)/t26-,29+,32+/m0/s1. The summed E-state index contributed by atoms with van der Waals surface area (Å²) in [6, 6.07) is 22.3. The quantitative estimate of drug-likeness (QED) is 0.127. The van der Waals surface area contributed by atoms with Crippen molar-refractivity contribution in [2.45, 2.75) is 57.2 Å². The molecule has 1 fully saturated rings. The maximum atomic E-state index is 12.6. The molecule has 2 amide bonds. The van der Waals surface area contributed by atoms with Crippen LogP contribution in [0.4, 0.5) is 17.1 Å². The third kappa shape index (κ3) is 9.57. The molecule has 0 unspecified atom stereocenters. The molecule has 1 aliphatic rings. The molecule has 0 aromatic heterocycles. The number of unbranched alkanes of at least 4 members (excludes halogenated alkanes) is 1. The van der Waals surface area contributed by atoms with Gasteiger partial charge in [0.2, 0.25) is 11.8 Å². The topological polar surface area (TPSA) is 143 Å². The fraction of sp³-hybridized carbons (Fsp3) is 0.375. The molecule has 3 atom stereocenters. The molecule has 1 heterocycles. The Balaban J connectivity index is 1.31. The fourth-order valence-corrected chi connectivity index (χ4v) is 5.46. The lowest BCUT2D eigenvalue weighted by molar-refractivity contribution is -0.245. The first-order valence-corrected chi connectivity index (χ1v) is 15.3. The molecule has 0 bridgehead atoms. The van der Waals surface area contributed by atoms with Gasteiger partial charge in [0, 0.05) is 42.0 Å². The van der Waals surface area contributed by atoms with Crippen LogP contribution in [0.1, 0.15) is 61.2 Å². The minimum atomic E-state index is -0.630. The molecule has 6 N–H and O–H groups in total. The van der Waals surface area contributed by atoms with Crippen LogP contribution in [0.25, 0.3) is 0 Å². The summed E-state index contributed by atoms with van der Waals surface area (Å²) in [6.07, 6.45) is 1.48. The molecule has 0 aliphatic carbocycles. The molecular weight excluding hydrogens is 554 g/mol. The van der Waals surface area contributed by atoms with Crippen molar-refractivity contribution in [2.75, 3.05) is 34.5 Å². The molecule has 0 saturated carbocycles. The first kappa shape index (κ1) is 31.5. The van der Waals surface area contributed by atoms with Crippen molar-refractivity contribution < 1.29 is 29.3 Å². The second-order valence-electron chi connectivity index (χ2n) is 10.2. The van der Waals surface area contributed by atoms with E-state index in [9.17, 15) is 19.8 Å². The van der Waals surface area contributed by atoms with Crippen molar-refractivity contribution in [3.8, 4) is 0 Å². The smallest absolute Gasteiger partial charge is 0.224 e. The summed E-state index contributed by atoms with van der Waals surface area (Å²) in [7, 11) is 0. The summed E-state index contributed by atoms with van der Waals surface area (Å²) >= 11 is 1.63. The van der Waals surface area contributed by atoms with Gasteiger partial charge in [0.05, 0.1) is 36.8 Å². The molecule has 10 heteroatoms. The highest BCUT2D eigenvalue weighted by atomic mass is 32.2. The first-order valence-electron chi connectivity index (χ1n) is 14.2. The molecule has 1 aliphatic heterocycles. The lowest BCUT2D eigenvalue weighted by Crippen LogP contribution is -2.31. The number of benzene rings is 3. The third-order valence-electron chi connectivity index (χ3n) is 6.89. The molecular formula is C32H39N3O6S.